The van der Waals surface area contributed by atoms with Crippen LogP contribution in [0.5, 0.6) is 0 Å². The first-order chi connectivity index (χ1) is 10.3. The molecule has 7 nitrogen and oxygen atoms in total. The third-order valence-corrected chi connectivity index (χ3v) is 5.18. The van der Waals surface area contributed by atoms with Gasteiger partial charge in [0.1, 0.15) is 4.90 Å². The molecule has 2 rings (SSSR count). The highest BCUT2D eigenvalue weighted by Gasteiger charge is 2.28. The van der Waals surface area contributed by atoms with Crippen molar-refractivity contribution in [3.05, 3.63) is 29.8 Å². The molecule has 2 aromatic rings. The molecule has 0 atom stereocenters. The molecule has 0 aliphatic carbocycles. The molecule has 122 valence electrons. The average Bonchev–Trinajstić information content (AvgIpc) is 3.05. The summed E-state index contributed by atoms with van der Waals surface area (Å²) in [6.45, 7) is 1.06. The Morgan fingerprint density at radius 2 is 2.09 bits per heavy atom. The fraction of sp³-hybridized carbons (Fsp3) is 0.500. The quantitative estimate of drug-likeness (QED) is 0.805. The summed E-state index contributed by atoms with van der Waals surface area (Å²) in [5.41, 5.74) is 0.479. The minimum absolute atomic E-state index is 0.0502. The number of alkyl halides is 2. The van der Waals surface area contributed by atoms with Crippen molar-refractivity contribution in [2.24, 2.45) is 0 Å². The third kappa shape index (κ3) is 3.02. The molecule has 0 saturated heterocycles. The first-order valence-corrected chi connectivity index (χ1v) is 8.02. The molecule has 22 heavy (non-hydrogen) atoms. The van der Waals surface area contributed by atoms with Crippen LogP contribution in [-0.2, 0) is 23.1 Å². The van der Waals surface area contributed by atoms with Crippen LogP contribution in [0.4, 0.5) is 8.78 Å². The standard InChI is InChI=1S/C12H17F2N5O2S/c1-4-18-6-5-10(16-18)8-17(3)22(20,21)11-7-15-19(9(11)2)12(13)14/h5-7,12H,4,8H2,1-3H3. The van der Waals surface area contributed by atoms with Crippen LogP contribution in [0.3, 0.4) is 0 Å². The van der Waals surface area contributed by atoms with Gasteiger partial charge in [-0.05, 0) is 19.9 Å². The van der Waals surface area contributed by atoms with E-state index in [0.29, 0.717) is 16.9 Å². The number of hydrogen-bond acceptors (Lipinski definition) is 4. The van der Waals surface area contributed by atoms with Crippen LogP contribution in [0.1, 0.15) is 24.9 Å². The summed E-state index contributed by atoms with van der Waals surface area (Å²) >= 11 is 0. The summed E-state index contributed by atoms with van der Waals surface area (Å²) in [5, 5.41) is 7.63. The van der Waals surface area contributed by atoms with Crippen LogP contribution in [0.15, 0.2) is 23.4 Å². The van der Waals surface area contributed by atoms with Gasteiger partial charge in [-0.15, -0.1) is 0 Å². The predicted octanol–water partition coefficient (Wildman–Crippen LogP) is 1.62. The van der Waals surface area contributed by atoms with Gasteiger partial charge in [0.25, 0.3) is 0 Å². The van der Waals surface area contributed by atoms with Crippen LogP contribution in [0, 0.1) is 6.92 Å². The molecule has 2 heterocycles. The van der Waals surface area contributed by atoms with E-state index >= 15 is 0 Å². The molecule has 0 aliphatic heterocycles. The van der Waals surface area contributed by atoms with Crippen molar-refractivity contribution in [2.75, 3.05) is 7.05 Å². The van der Waals surface area contributed by atoms with Crippen molar-refractivity contribution < 1.29 is 17.2 Å². The Morgan fingerprint density at radius 3 is 2.59 bits per heavy atom. The van der Waals surface area contributed by atoms with E-state index in [9.17, 15) is 17.2 Å². The van der Waals surface area contributed by atoms with Crippen LogP contribution in [0.25, 0.3) is 0 Å². The van der Waals surface area contributed by atoms with Gasteiger partial charge in [0.2, 0.25) is 10.0 Å². The van der Waals surface area contributed by atoms with E-state index in [4.69, 9.17) is 0 Å². The summed E-state index contributed by atoms with van der Waals surface area (Å²) < 4.78 is 53.4. The van der Waals surface area contributed by atoms with Gasteiger partial charge in [0, 0.05) is 19.8 Å². The molecular formula is C12H17F2N5O2S. The zero-order valence-electron chi connectivity index (χ0n) is 12.4. The highest BCUT2D eigenvalue weighted by Crippen LogP contribution is 2.23. The summed E-state index contributed by atoms with van der Waals surface area (Å²) in [4.78, 5) is -0.231. The predicted molar refractivity (Wildman–Crippen MR) is 74.8 cm³/mol. The third-order valence-electron chi connectivity index (χ3n) is 3.28. The van der Waals surface area contributed by atoms with Crippen molar-refractivity contribution in [3.8, 4) is 0 Å². The zero-order valence-corrected chi connectivity index (χ0v) is 13.3. The number of rotatable bonds is 6. The lowest BCUT2D eigenvalue weighted by Crippen LogP contribution is -2.27. The van der Waals surface area contributed by atoms with Gasteiger partial charge in [-0.1, -0.05) is 0 Å². The number of nitrogens with zero attached hydrogens (tertiary/aromatic N) is 5. The SMILES string of the molecule is CCn1ccc(CN(C)S(=O)(=O)c2cnn(C(F)F)c2C)n1. The molecule has 0 spiro atoms. The van der Waals surface area contributed by atoms with Crippen LogP contribution >= 0.6 is 0 Å². The topological polar surface area (TPSA) is 73.0 Å². The summed E-state index contributed by atoms with van der Waals surface area (Å²) in [6.07, 6.45) is 2.69. The fourth-order valence-electron chi connectivity index (χ4n) is 2.00. The maximum Gasteiger partial charge on any atom is 0.333 e. The van der Waals surface area contributed by atoms with E-state index in [0.717, 1.165) is 10.5 Å². The fourth-order valence-corrected chi connectivity index (χ4v) is 3.29. The summed E-state index contributed by atoms with van der Waals surface area (Å²) in [5.74, 6) is 0. The van der Waals surface area contributed by atoms with Gasteiger partial charge in [-0.2, -0.15) is 23.3 Å². The molecule has 10 heteroatoms. The smallest absolute Gasteiger partial charge is 0.273 e. The Hall–Kier alpha value is -1.81. The monoisotopic (exact) mass is 333 g/mol. The molecule has 0 bridgehead atoms. The number of hydrogen-bond donors (Lipinski definition) is 0. The second-order valence-electron chi connectivity index (χ2n) is 4.74. The lowest BCUT2D eigenvalue weighted by atomic mass is 10.4. The van der Waals surface area contributed by atoms with E-state index in [2.05, 4.69) is 10.2 Å². The second-order valence-corrected chi connectivity index (χ2v) is 6.75. The van der Waals surface area contributed by atoms with Gasteiger partial charge in [-0.25, -0.2) is 13.1 Å². The number of aryl methyl sites for hydroxylation is 1. The maximum atomic E-state index is 12.7. The lowest BCUT2D eigenvalue weighted by molar-refractivity contribution is 0.0541. The number of sulfonamides is 1. The Labute approximate surface area is 127 Å². The second kappa shape index (κ2) is 6.13. The minimum Gasteiger partial charge on any atom is -0.273 e. The molecule has 0 fully saturated rings. The first-order valence-electron chi connectivity index (χ1n) is 6.58. The van der Waals surface area contributed by atoms with Crippen molar-refractivity contribution in [2.45, 2.75) is 38.4 Å². The summed E-state index contributed by atoms with van der Waals surface area (Å²) in [7, 11) is -2.54. The number of aromatic nitrogens is 4. The highest BCUT2D eigenvalue weighted by molar-refractivity contribution is 7.89. The van der Waals surface area contributed by atoms with E-state index in [1.165, 1.54) is 14.0 Å². The molecule has 0 aliphatic rings. The maximum absolute atomic E-state index is 12.7. The van der Waals surface area contributed by atoms with Gasteiger partial charge < -0.3 is 0 Å². The zero-order chi connectivity index (χ0) is 16.5. The Balaban J connectivity index is 2.25. The average molecular weight is 333 g/mol. The van der Waals surface area contributed by atoms with Gasteiger partial charge >= 0.3 is 6.55 Å². The minimum atomic E-state index is -3.91. The van der Waals surface area contributed by atoms with Gasteiger partial charge in [0.05, 0.1) is 24.1 Å². The first kappa shape index (κ1) is 16.6. The molecular weight excluding hydrogens is 316 g/mol. The molecule has 2 aromatic heterocycles. The van der Waals surface area contributed by atoms with Gasteiger partial charge in [-0.3, -0.25) is 4.68 Å². The lowest BCUT2D eigenvalue weighted by Gasteiger charge is -2.15. The van der Waals surface area contributed by atoms with Crippen LogP contribution in [0.2, 0.25) is 0 Å². The Morgan fingerprint density at radius 1 is 1.41 bits per heavy atom. The van der Waals surface area contributed by atoms with Crippen molar-refractivity contribution in [1.29, 1.82) is 0 Å². The van der Waals surface area contributed by atoms with Crippen molar-refractivity contribution >= 4 is 10.0 Å². The van der Waals surface area contributed by atoms with E-state index < -0.39 is 16.6 Å². The Bertz CT molecular complexity index is 753. The molecule has 0 unspecified atom stereocenters. The van der Waals surface area contributed by atoms with E-state index in [1.54, 1.807) is 16.9 Å². The van der Waals surface area contributed by atoms with E-state index in [1.807, 2.05) is 6.92 Å². The molecule has 0 N–H and O–H groups in total. The van der Waals surface area contributed by atoms with Crippen LogP contribution < -0.4 is 0 Å². The van der Waals surface area contributed by atoms with Gasteiger partial charge in [0.15, 0.2) is 0 Å². The molecule has 0 amide bonds. The number of halogens is 2. The van der Waals surface area contributed by atoms with Crippen molar-refractivity contribution in [3.63, 3.8) is 0 Å². The van der Waals surface area contributed by atoms with E-state index in [-0.39, 0.29) is 17.1 Å². The molecule has 0 aromatic carbocycles. The summed E-state index contributed by atoms with van der Waals surface area (Å²) in [6, 6.07) is 1.71. The Kier molecular flexibility index (Phi) is 4.61. The van der Waals surface area contributed by atoms with Crippen LogP contribution in [-0.4, -0.2) is 39.3 Å². The molecule has 0 radical (unpaired) electrons. The highest BCUT2D eigenvalue weighted by atomic mass is 32.2. The normalized spacial score (nSPS) is 12.5. The molecule has 0 saturated carbocycles. The van der Waals surface area contributed by atoms with Crippen molar-refractivity contribution in [1.82, 2.24) is 23.9 Å². The largest absolute Gasteiger partial charge is 0.333 e.